The molecule has 1 atom stereocenters. The first-order chi connectivity index (χ1) is 5.66. The summed E-state index contributed by atoms with van der Waals surface area (Å²) in [6, 6.07) is 0. The Morgan fingerprint density at radius 2 is 2.00 bits per heavy atom. The minimum Gasteiger partial charge on any atom is -0.273 e. The Morgan fingerprint density at radius 3 is 2.50 bits per heavy atom. The van der Waals surface area contributed by atoms with Gasteiger partial charge in [0.1, 0.15) is 0 Å². The molecule has 0 bridgehead atoms. The molecule has 0 saturated carbocycles. The Balaban J connectivity index is 3.13. The zero-order valence-corrected chi connectivity index (χ0v) is 8.91. The molecule has 0 rings (SSSR count). The van der Waals surface area contributed by atoms with E-state index in [1.165, 1.54) is 0 Å². The second-order valence-corrected chi connectivity index (χ2v) is 4.01. The molecule has 1 radical (unpaired) electrons. The van der Waals surface area contributed by atoms with Gasteiger partial charge in [-0.1, -0.05) is 6.42 Å². The van der Waals surface area contributed by atoms with Crippen molar-refractivity contribution in [3.63, 3.8) is 0 Å². The molecule has 4 heteroatoms. The lowest BCUT2D eigenvalue weighted by Crippen LogP contribution is -2.01. The van der Waals surface area contributed by atoms with E-state index in [1.807, 2.05) is 0 Å². The average molecular weight is 206 g/mol. The normalized spacial score (nSPS) is 12.8. The van der Waals surface area contributed by atoms with Crippen molar-refractivity contribution in [1.29, 1.82) is 0 Å². The van der Waals surface area contributed by atoms with Crippen molar-refractivity contribution in [2.24, 2.45) is 0 Å². The number of hydrogen-bond acceptors (Lipinski definition) is 3. The van der Waals surface area contributed by atoms with Gasteiger partial charge in [0, 0.05) is 11.7 Å². The highest BCUT2D eigenvalue weighted by Crippen LogP contribution is 2.12. The highest BCUT2D eigenvalue weighted by Gasteiger charge is 2.02. The van der Waals surface area contributed by atoms with Gasteiger partial charge in [0.25, 0.3) is 0 Å². The SMILES string of the molecule is [NH]C(=O)CCCCC(S)CCS. The van der Waals surface area contributed by atoms with E-state index in [4.69, 9.17) is 5.73 Å². The number of nitrogens with one attached hydrogen (secondary N) is 1. The lowest BCUT2D eigenvalue weighted by atomic mass is 10.1. The first kappa shape index (κ1) is 12.2. The molecule has 1 unspecified atom stereocenters. The van der Waals surface area contributed by atoms with Gasteiger partial charge in [-0.05, 0) is 25.0 Å². The van der Waals surface area contributed by atoms with Crippen LogP contribution in [0.1, 0.15) is 32.1 Å². The number of hydrogen-bond donors (Lipinski definition) is 2. The van der Waals surface area contributed by atoms with Crippen LogP contribution < -0.4 is 5.73 Å². The van der Waals surface area contributed by atoms with Gasteiger partial charge in [-0.2, -0.15) is 25.3 Å². The number of amides is 1. The Kier molecular flexibility index (Phi) is 7.91. The summed E-state index contributed by atoms with van der Waals surface area (Å²) in [5, 5.41) is 0.406. The molecule has 0 aliphatic rings. The van der Waals surface area contributed by atoms with Crippen molar-refractivity contribution in [1.82, 2.24) is 5.73 Å². The van der Waals surface area contributed by atoms with Crippen molar-refractivity contribution >= 4 is 31.2 Å². The second-order valence-electron chi connectivity index (χ2n) is 2.84. The van der Waals surface area contributed by atoms with E-state index >= 15 is 0 Å². The lowest BCUT2D eigenvalue weighted by Gasteiger charge is -2.07. The number of carbonyl (C=O) groups excluding carboxylic acids is 1. The molecule has 0 aromatic heterocycles. The first-order valence-corrected chi connectivity index (χ1v) is 5.35. The standard InChI is InChI=1S/C8H16NOS2/c9-8(10)4-2-1-3-7(12)5-6-11/h7,9,11-12H,1-6H2. The summed E-state index contributed by atoms with van der Waals surface area (Å²) >= 11 is 8.46. The van der Waals surface area contributed by atoms with E-state index < -0.39 is 5.91 Å². The molecule has 2 nitrogen and oxygen atoms in total. The Bertz CT molecular complexity index is 130. The molecular weight excluding hydrogens is 190 g/mol. The maximum atomic E-state index is 10.2. The van der Waals surface area contributed by atoms with Gasteiger partial charge in [-0.3, -0.25) is 10.5 Å². The van der Waals surface area contributed by atoms with E-state index in [9.17, 15) is 4.79 Å². The molecule has 0 aromatic rings. The third kappa shape index (κ3) is 8.27. The van der Waals surface area contributed by atoms with Gasteiger partial charge < -0.3 is 0 Å². The highest BCUT2D eigenvalue weighted by molar-refractivity contribution is 7.81. The van der Waals surface area contributed by atoms with Gasteiger partial charge in [-0.25, -0.2) is 0 Å². The van der Waals surface area contributed by atoms with Gasteiger partial charge in [0.15, 0.2) is 0 Å². The van der Waals surface area contributed by atoms with Crippen LogP contribution in [-0.4, -0.2) is 16.9 Å². The number of carbonyl (C=O) groups is 1. The second kappa shape index (κ2) is 7.80. The van der Waals surface area contributed by atoms with Gasteiger partial charge in [0.05, 0.1) is 0 Å². The molecule has 0 aliphatic heterocycles. The van der Waals surface area contributed by atoms with Crippen LogP contribution >= 0.6 is 25.3 Å². The van der Waals surface area contributed by atoms with Gasteiger partial charge in [0.2, 0.25) is 5.91 Å². The molecule has 1 N–H and O–H groups in total. The van der Waals surface area contributed by atoms with Gasteiger partial charge >= 0.3 is 0 Å². The van der Waals surface area contributed by atoms with Crippen molar-refractivity contribution < 1.29 is 4.79 Å². The van der Waals surface area contributed by atoms with Crippen LogP contribution in [-0.2, 0) is 4.79 Å². The minimum atomic E-state index is -0.458. The van der Waals surface area contributed by atoms with Gasteiger partial charge in [-0.15, -0.1) is 0 Å². The third-order valence-electron chi connectivity index (χ3n) is 1.65. The molecule has 0 spiro atoms. The summed E-state index contributed by atoms with van der Waals surface area (Å²) in [5.41, 5.74) is 6.67. The highest BCUT2D eigenvalue weighted by atomic mass is 32.1. The van der Waals surface area contributed by atoms with Crippen LogP contribution in [0.2, 0.25) is 0 Å². The largest absolute Gasteiger partial charge is 0.273 e. The molecule has 0 saturated heterocycles. The summed E-state index contributed by atoms with van der Waals surface area (Å²) in [5.74, 6) is 0.408. The molecule has 0 aliphatic carbocycles. The van der Waals surface area contributed by atoms with E-state index in [2.05, 4.69) is 25.3 Å². The molecular formula is C8H16NOS2. The van der Waals surface area contributed by atoms with Crippen LogP contribution in [0.3, 0.4) is 0 Å². The summed E-state index contributed by atoms with van der Waals surface area (Å²) < 4.78 is 0. The first-order valence-electron chi connectivity index (χ1n) is 4.20. The summed E-state index contributed by atoms with van der Waals surface area (Å²) in [6.07, 6.45) is 4.25. The quantitative estimate of drug-likeness (QED) is 0.485. The molecule has 12 heavy (non-hydrogen) atoms. The Labute approximate surface area is 85.1 Å². The average Bonchev–Trinajstić information content (AvgIpc) is 1.98. The summed E-state index contributed by atoms with van der Waals surface area (Å²) in [7, 11) is 0. The Morgan fingerprint density at radius 1 is 1.33 bits per heavy atom. The predicted molar refractivity (Wildman–Crippen MR) is 57.8 cm³/mol. The zero-order chi connectivity index (χ0) is 9.40. The van der Waals surface area contributed by atoms with Crippen molar-refractivity contribution in [2.75, 3.05) is 5.75 Å². The van der Waals surface area contributed by atoms with E-state index in [-0.39, 0.29) is 0 Å². The zero-order valence-electron chi connectivity index (χ0n) is 7.12. The maximum absolute atomic E-state index is 10.2. The van der Waals surface area contributed by atoms with Crippen LogP contribution in [0.25, 0.3) is 0 Å². The lowest BCUT2D eigenvalue weighted by molar-refractivity contribution is -0.118. The van der Waals surface area contributed by atoms with E-state index in [1.54, 1.807) is 0 Å². The van der Waals surface area contributed by atoms with Crippen molar-refractivity contribution in [3.8, 4) is 0 Å². The smallest absolute Gasteiger partial charge is 0.238 e. The summed E-state index contributed by atoms with van der Waals surface area (Å²) in [4.78, 5) is 10.2. The fourth-order valence-electron chi connectivity index (χ4n) is 0.959. The van der Waals surface area contributed by atoms with Crippen molar-refractivity contribution in [2.45, 2.75) is 37.4 Å². The number of rotatable bonds is 7. The minimum absolute atomic E-state index is 0.390. The van der Waals surface area contributed by atoms with E-state index in [0.29, 0.717) is 11.7 Å². The topological polar surface area (TPSA) is 40.9 Å². The number of unbranched alkanes of at least 4 members (excludes halogenated alkanes) is 1. The molecule has 0 heterocycles. The fraction of sp³-hybridized carbons (Fsp3) is 0.875. The van der Waals surface area contributed by atoms with Crippen LogP contribution in [0.5, 0.6) is 0 Å². The molecule has 71 valence electrons. The van der Waals surface area contributed by atoms with E-state index in [0.717, 1.165) is 31.4 Å². The van der Waals surface area contributed by atoms with Crippen LogP contribution in [0.15, 0.2) is 0 Å². The molecule has 0 aromatic carbocycles. The fourth-order valence-corrected chi connectivity index (χ4v) is 1.79. The monoisotopic (exact) mass is 206 g/mol. The van der Waals surface area contributed by atoms with Crippen LogP contribution in [0.4, 0.5) is 0 Å². The molecule has 0 fully saturated rings. The van der Waals surface area contributed by atoms with Crippen molar-refractivity contribution in [3.05, 3.63) is 0 Å². The summed E-state index contributed by atoms with van der Waals surface area (Å²) in [6.45, 7) is 0. The third-order valence-corrected chi connectivity index (χ3v) is 2.43. The molecule has 1 amide bonds. The van der Waals surface area contributed by atoms with Crippen LogP contribution in [0, 0.1) is 0 Å². The predicted octanol–water partition coefficient (Wildman–Crippen LogP) is 1.97. The maximum Gasteiger partial charge on any atom is 0.238 e. The number of thiol groups is 2. The Hall–Kier alpha value is 0.170.